The molecule has 0 radical (unpaired) electrons. The minimum atomic E-state index is -1.00. The number of hydrogen-bond donors (Lipinski definition) is 7. The summed E-state index contributed by atoms with van der Waals surface area (Å²) in [7, 11) is 0. The lowest BCUT2D eigenvalue weighted by atomic mass is 10.2. The highest BCUT2D eigenvalue weighted by atomic mass is 32.2. The zero-order chi connectivity index (χ0) is 21.9. The van der Waals surface area contributed by atoms with Crippen molar-refractivity contribution in [3.05, 3.63) is 30.3 Å². The number of aromatic hydroxyl groups is 1. The molecule has 0 fully saturated rings. The molecule has 0 bridgehead atoms. The van der Waals surface area contributed by atoms with E-state index in [0.717, 1.165) is 5.75 Å². The molecule has 1 aromatic carbocycles. The van der Waals surface area contributed by atoms with Crippen LogP contribution in [-0.4, -0.2) is 63.9 Å². The van der Waals surface area contributed by atoms with Gasteiger partial charge in [0.15, 0.2) is 5.96 Å². The van der Waals surface area contributed by atoms with Crippen LogP contribution >= 0.6 is 11.8 Å². The van der Waals surface area contributed by atoms with E-state index in [0.29, 0.717) is 31.6 Å². The van der Waals surface area contributed by atoms with Crippen molar-refractivity contribution in [2.24, 2.45) is 27.9 Å². The minimum Gasteiger partial charge on any atom is -0.508 e. The van der Waals surface area contributed by atoms with Crippen molar-refractivity contribution in [1.29, 1.82) is 0 Å². The van der Waals surface area contributed by atoms with Crippen LogP contribution in [0.15, 0.2) is 35.3 Å². The fraction of sp³-hybridized carbons (Fsp3) is 0.471. The molecule has 0 saturated heterocycles. The van der Waals surface area contributed by atoms with Crippen LogP contribution < -0.4 is 22.9 Å². The first kappa shape index (κ1) is 27.7. The van der Waals surface area contributed by atoms with Crippen molar-refractivity contribution >= 4 is 29.7 Å². The minimum absolute atomic E-state index is 0.0129. The van der Waals surface area contributed by atoms with Crippen LogP contribution in [0.3, 0.4) is 0 Å². The van der Waals surface area contributed by atoms with Crippen molar-refractivity contribution in [2.45, 2.75) is 31.3 Å². The number of guanidine groups is 1. The second kappa shape index (κ2) is 17.9. The Kier molecular flexibility index (Phi) is 17.7. The molecule has 28 heavy (non-hydrogen) atoms. The van der Waals surface area contributed by atoms with Gasteiger partial charge in [0.25, 0.3) is 0 Å². The number of para-hydroxylation sites is 1. The number of nitrogens with two attached hydrogens (primary N) is 4. The monoisotopic (exact) mass is 417 g/mol. The van der Waals surface area contributed by atoms with E-state index in [1.165, 1.54) is 0 Å². The largest absolute Gasteiger partial charge is 0.508 e. The number of nitrogens with zero attached hydrogens (tertiary/aromatic N) is 1. The molecular weight excluding hydrogens is 386 g/mol. The third-order valence-electron chi connectivity index (χ3n) is 2.99. The van der Waals surface area contributed by atoms with Crippen LogP contribution in [0.1, 0.15) is 19.3 Å². The number of phenols is 1. The Hall–Kier alpha value is -2.50. The zero-order valence-corrected chi connectivity index (χ0v) is 16.7. The van der Waals surface area contributed by atoms with Crippen LogP contribution in [0.5, 0.6) is 5.75 Å². The summed E-state index contributed by atoms with van der Waals surface area (Å²) in [6, 6.07) is 7.21. The Morgan fingerprint density at radius 2 is 1.54 bits per heavy atom. The van der Waals surface area contributed by atoms with Crippen molar-refractivity contribution in [3.63, 3.8) is 0 Å². The maximum Gasteiger partial charge on any atom is 0.320 e. The number of carbonyl (C=O) groups is 2. The molecule has 2 atom stereocenters. The summed E-state index contributed by atoms with van der Waals surface area (Å²) >= 11 is 1.60. The topological polar surface area (TPSA) is 211 Å². The van der Waals surface area contributed by atoms with Gasteiger partial charge < -0.3 is 38.3 Å². The molecule has 0 aliphatic carbocycles. The normalized spacial score (nSPS) is 11.5. The van der Waals surface area contributed by atoms with E-state index in [9.17, 15) is 9.59 Å². The average Bonchev–Trinajstić information content (AvgIpc) is 2.64. The van der Waals surface area contributed by atoms with Gasteiger partial charge in [-0.3, -0.25) is 14.6 Å². The lowest BCUT2D eigenvalue weighted by Gasteiger charge is -2.03. The molecule has 0 spiro atoms. The molecule has 0 aliphatic rings. The molecular formula is C17H31N5O5S. The number of aliphatic carboxylic acids is 2. The molecule has 0 aromatic heterocycles. The third-order valence-corrected chi connectivity index (χ3v) is 3.64. The van der Waals surface area contributed by atoms with Gasteiger partial charge in [-0.25, -0.2) is 0 Å². The lowest BCUT2D eigenvalue weighted by Crippen LogP contribution is -2.30. The number of benzene rings is 1. The van der Waals surface area contributed by atoms with Gasteiger partial charge in [0.2, 0.25) is 0 Å². The highest BCUT2D eigenvalue weighted by Crippen LogP contribution is 2.02. The van der Waals surface area contributed by atoms with Gasteiger partial charge in [-0.15, -0.1) is 0 Å². The Morgan fingerprint density at radius 3 is 1.89 bits per heavy atom. The highest BCUT2D eigenvalue weighted by molar-refractivity contribution is 7.98. The second-order valence-corrected chi connectivity index (χ2v) is 6.44. The van der Waals surface area contributed by atoms with E-state index in [-0.39, 0.29) is 5.96 Å². The summed E-state index contributed by atoms with van der Waals surface area (Å²) in [5, 5.41) is 25.3. The second-order valence-electron chi connectivity index (χ2n) is 5.46. The molecule has 11 heteroatoms. The Balaban J connectivity index is 0. The quantitative estimate of drug-likeness (QED) is 0.162. The SMILES string of the molecule is CSCC[C@H](N)C(=O)O.NC(N)=NCCC[C@H](N)C(=O)O.Oc1ccccc1. The lowest BCUT2D eigenvalue weighted by molar-refractivity contribution is -0.139. The standard InChI is InChI=1S/C6H14N4O2.C6H6O.C5H11NO2S/c7-4(5(11)12)2-1-3-10-6(8)9;7-6-4-2-1-3-5-6;1-9-3-2-4(6)5(7)8/h4H,1-3,7H2,(H,11,12)(H4,8,9,10);1-5,7H;4H,2-3,6H2,1H3,(H,7,8)/t4-;;4-/m0.0/s1. The summed E-state index contributed by atoms with van der Waals surface area (Å²) in [6.45, 7) is 0.420. The van der Waals surface area contributed by atoms with Crippen molar-refractivity contribution in [2.75, 3.05) is 18.6 Å². The van der Waals surface area contributed by atoms with E-state index in [4.69, 9.17) is 38.3 Å². The number of carboxylic acids is 2. The Labute approximate surface area is 169 Å². The van der Waals surface area contributed by atoms with E-state index in [1.807, 2.05) is 12.3 Å². The Bertz CT molecular complexity index is 570. The molecule has 160 valence electrons. The number of thioether (sulfide) groups is 1. The van der Waals surface area contributed by atoms with Gasteiger partial charge in [-0.2, -0.15) is 11.8 Å². The first-order chi connectivity index (χ1) is 13.1. The number of aliphatic imine (C=N–C) groups is 1. The van der Waals surface area contributed by atoms with Gasteiger partial charge in [-0.05, 0) is 43.4 Å². The molecule has 0 aliphatic heterocycles. The predicted molar refractivity (Wildman–Crippen MR) is 112 cm³/mol. The van der Waals surface area contributed by atoms with Crippen molar-refractivity contribution < 1.29 is 24.9 Å². The zero-order valence-electron chi connectivity index (χ0n) is 15.9. The third kappa shape index (κ3) is 19.8. The predicted octanol–water partition coefficient (Wildman–Crippen LogP) is -0.00450. The van der Waals surface area contributed by atoms with E-state index in [2.05, 4.69) is 4.99 Å². The summed E-state index contributed by atoms with van der Waals surface area (Å²) in [6.07, 6.45) is 3.43. The molecule has 1 aromatic rings. The maximum absolute atomic E-state index is 10.2. The van der Waals surface area contributed by atoms with Crippen LogP contribution in [0.4, 0.5) is 0 Å². The smallest absolute Gasteiger partial charge is 0.320 e. The average molecular weight is 418 g/mol. The maximum atomic E-state index is 10.2. The Morgan fingerprint density at radius 1 is 1.04 bits per heavy atom. The summed E-state index contributed by atoms with van der Waals surface area (Å²) in [5.41, 5.74) is 20.5. The molecule has 0 heterocycles. The number of carboxylic acid groups (broad SMARTS) is 2. The van der Waals surface area contributed by atoms with Gasteiger partial charge in [0.05, 0.1) is 0 Å². The molecule has 10 nitrogen and oxygen atoms in total. The molecule has 0 saturated carbocycles. The fourth-order valence-electron chi connectivity index (χ4n) is 1.44. The van der Waals surface area contributed by atoms with Crippen LogP contribution in [0, 0.1) is 0 Å². The number of phenolic OH excluding ortho intramolecular Hbond substituents is 1. The molecule has 11 N–H and O–H groups in total. The summed E-state index contributed by atoms with van der Waals surface area (Å²) in [5.74, 6) is -0.766. The van der Waals surface area contributed by atoms with E-state index >= 15 is 0 Å². The van der Waals surface area contributed by atoms with Crippen LogP contribution in [0.25, 0.3) is 0 Å². The van der Waals surface area contributed by atoms with Crippen LogP contribution in [0.2, 0.25) is 0 Å². The summed E-state index contributed by atoms with van der Waals surface area (Å²) in [4.78, 5) is 24.0. The number of rotatable bonds is 9. The highest BCUT2D eigenvalue weighted by Gasteiger charge is 2.09. The molecule has 1 rings (SSSR count). The molecule has 0 amide bonds. The first-order valence-corrected chi connectivity index (χ1v) is 9.76. The van der Waals surface area contributed by atoms with Crippen LogP contribution in [-0.2, 0) is 9.59 Å². The van der Waals surface area contributed by atoms with Gasteiger partial charge >= 0.3 is 11.9 Å². The van der Waals surface area contributed by atoms with Crippen molar-refractivity contribution in [1.82, 2.24) is 0 Å². The van der Waals surface area contributed by atoms with Gasteiger partial charge in [0.1, 0.15) is 17.8 Å². The van der Waals surface area contributed by atoms with E-state index in [1.54, 1.807) is 36.0 Å². The summed E-state index contributed by atoms with van der Waals surface area (Å²) < 4.78 is 0. The van der Waals surface area contributed by atoms with Gasteiger partial charge in [-0.1, -0.05) is 18.2 Å². The van der Waals surface area contributed by atoms with E-state index < -0.39 is 24.0 Å². The molecule has 0 unspecified atom stereocenters. The fourth-order valence-corrected chi connectivity index (χ4v) is 1.93. The van der Waals surface area contributed by atoms with Crippen molar-refractivity contribution in [3.8, 4) is 5.75 Å². The van der Waals surface area contributed by atoms with Gasteiger partial charge in [0, 0.05) is 6.54 Å². The number of hydrogen-bond acceptors (Lipinski definition) is 7. The first-order valence-electron chi connectivity index (χ1n) is 8.36.